The summed E-state index contributed by atoms with van der Waals surface area (Å²) in [6.07, 6.45) is 3.74. The summed E-state index contributed by atoms with van der Waals surface area (Å²) in [6, 6.07) is 19.4. The molecule has 1 aliphatic rings. The number of Topliss-reactive ketones (excluding diaryl/α,β-unsaturated/α-hetero) is 1. The van der Waals surface area contributed by atoms with Crippen LogP contribution in [0.4, 0.5) is 0 Å². The van der Waals surface area contributed by atoms with E-state index in [2.05, 4.69) is 5.32 Å². The van der Waals surface area contributed by atoms with Crippen LogP contribution in [0.1, 0.15) is 18.1 Å². The number of hydrogen-bond donors (Lipinski definition) is 1. The van der Waals surface area contributed by atoms with Crippen molar-refractivity contribution in [3.63, 3.8) is 0 Å². The first kappa shape index (κ1) is 20.3. The SMILES string of the molecule is CC(=O)N1CC(=Cc2ccccc2)C(=O)C(=Cc2ccccc2)C1.CNC. The van der Waals surface area contributed by atoms with Crippen molar-refractivity contribution >= 4 is 23.8 Å². The molecule has 1 N–H and O–H groups in total. The Hall–Kier alpha value is -2.98. The molecule has 0 unspecified atom stereocenters. The second-order valence-corrected chi connectivity index (χ2v) is 6.36. The summed E-state index contributed by atoms with van der Waals surface area (Å²) in [6.45, 7) is 2.25. The molecule has 0 bridgehead atoms. The van der Waals surface area contributed by atoms with Gasteiger partial charge in [-0.05, 0) is 37.4 Å². The second-order valence-electron chi connectivity index (χ2n) is 6.36. The second kappa shape index (κ2) is 10.2. The average Bonchev–Trinajstić information content (AvgIpc) is 2.67. The van der Waals surface area contributed by atoms with E-state index in [0.29, 0.717) is 24.2 Å². The molecule has 140 valence electrons. The molecule has 4 heteroatoms. The van der Waals surface area contributed by atoms with Crippen LogP contribution >= 0.6 is 0 Å². The van der Waals surface area contributed by atoms with Crippen LogP contribution in [-0.2, 0) is 9.59 Å². The number of nitrogens with zero attached hydrogens (tertiary/aromatic N) is 1. The molecule has 3 rings (SSSR count). The van der Waals surface area contributed by atoms with Gasteiger partial charge in [-0.15, -0.1) is 0 Å². The molecule has 1 amide bonds. The Morgan fingerprint density at radius 1 is 0.852 bits per heavy atom. The first-order valence-electron chi connectivity index (χ1n) is 8.95. The van der Waals surface area contributed by atoms with Crippen molar-refractivity contribution in [2.24, 2.45) is 0 Å². The van der Waals surface area contributed by atoms with E-state index in [0.717, 1.165) is 11.1 Å². The Bertz CT molecular complexity index is 762. The van der Waals surface area contributed by atoms with Gasteiger partial charge in [0.15, 0.2) is 5.78 Å². The van der Waals surface area contributed by atoms with Gasteiger partial charge in [0.1, 0.15) is 0 Å². The summed E-state index contributed by atoms with van der Waals surface area (Å²) in [5.41, 5.74) is 3.21. The van der Waals surface area contributed by atoms with Crippen LogP contribution in [0, 0.1) is 0 Å². The summed E-state index contributed by atoms with van der Waals surface area (Å²) in [5.74, 6) is -0.0133. The first-order chi connectivity index (χ1) is 13.0. The average molecular weight is 362 g/mol. The Labute approximate surface area is 161 Å². The summed E-state index contributed by atoms with van der Waals surface area (Å²) < 4.78 is 0. The summed E-state index contributed by atoms with van der Waals surface area (Å²) >= 11 is 0. The van der Waals surface area contributed by atoms with Gasteiger partial charge in [-0.2, -0.15) is 0 Å². The predicted octanol–water partition coefficient (Wildman–Crippen LogP) is 3.42. The fourth-order valence-corrected chi connectivity index (χ4v) is 2.76. The number of hydrogen-bond acceptors (Lipinski definition) is 3. The van der Waals surface area contributed by atoms with Crippen LogP contribution in [0.3, 0.4) is 0 Å². The van der Waals surface area contributed by atoms with Crippen LogP contribution < -0.4 is 5.32 Å². The molecule has 1 heterocycles. The molecule has 2 aromatic carbocycles. The lowest BCUT2D eigenvalue weighted by molar-refractivity contribution is -0.129. The highest BCUT2D eigenvalue weighted by molar-refractivity contribution is 6.15. The van der Waals surface area contributed by atoms with Crippen molar-refractivity contribution in [3.8, 4) is 0 Å². The van der Waals surface area contributed by atoms with Gasteiger partial charge in [-0.3, -0.25) is 9.59 Å². The van der Waals surface area contributed by atoms with Crippen LogP contribution in [-0.4, -0.2) is 43.8 Å². The summed E-state index contributed by atoms with van der Waals surface area (Å²) in [4.78, 5) is 26.4. The number of rotatable bonds is 2. The lowest BCUT2D eigenvalue weighted by atomic mass is 9.94. The molecule has 0 aliphatic carbocycles. The maximum absolute atomic E-state index is 12.8. The van der Waals surface area contributed by atoms with Gasteiger partial charge >= 0.3 is 0 Å². The van der Waals surface area contributed by atoms with E-state index in [4.69, 9.17) is 0 Å². The lowest BCUT2D eigenvalue weighted by Crippen LogP contribution is -2.40. The minimum Gasteiger partial charge on any atom is -0.334 e. The first-order valence-corrected chi connectivity index (χ1v) is 8.95. The molecule has 0 atom stereocenters. The quantitative estimate of drug-likeness (QED) is 0.833. The smallest absolute Gasteiger partial charge is 0.220 e. The van der Waals surface area contributed by atoms with Gasteiger partial charge in [0.05, 0.1) is 0 Å². The number of carbonyl (C=O) groups excluding carboxylic acids is 2. The summed E-state index contributed by atoms with van der Waals surface area (Å²) in [7, 11) is 3.75. The normalized spacial score (nSPS) is 16.9. The molecule has 1 fully saturated rings. The molecule has 27 heavy (non-hydrogen) atoms. The standard InChI is InChI=1S/C21H19NO2.C2H7N/c1-16(23)22-14-19(12-17-8-4-2-5-9-17)21(24)20(15-22)13-18-10-6-3-7-11-18;1-3-2/h2-13H,14-15H2,1H3;3H,1-2H3. The van der Waals surface area contributed by atoms with E-state index >= 15 is 0 Å². The Morgan fingerprint density at radius 2 is 1.22 bits per heavy atom. The highest BCUT2D eigenvalue weighted by atomic mass is 16.2. The van der Waals surface area contributed by atoms with E-state index in [1.54, 1.807) is 4.90 Å². The summed E-state index contributed by atoms with van der Waals surface area (Å²) in [5, 5.41) is 2.75. The third-order valence-electron chi connectivity index (χ3n) is 4.03. The number of ketones is 1. The van der Waals surface area contributed by atoms with E-state index in [1.807, 2.05) is 86.9 Å². The van der Waals surface area contributed by atoms with Gasteiger partial charge in [0.25, 0.3) is 0 Å². The van der Waals surface area contributed by atoms with Gasteiger partial charge in [0, 0.05) is 31.2 Å². The van der Waals surface area contributed by atoms with E-state index in [1.165, 1.54) is 6.92 Å². The number of piperidine rings is 1. The molecular weight excluding hydrogens is 336 g/mol. The maximum atomic E-state index is 12.8. The van der Waals surface area contributed by atoms with Crippen LogP contribution in [0.5, 0.6) is 0 Å². The van der Waals surface area contributed by atoms with Crippen molar-refractivity contribution in [2.75, 3.05) is 27.2 Å². The fourth-order valence-electron chi connectivity index (χ4n) is 2.76. The van der Waals surface area contributed by atoms with E-state index in [-0.39, 0.29) is 11.7 Å². The van der Waals surface area contributed by atoms with E-state index in [9.17, 15) is 9.59 Å². The van der Waals surface area contributed by atoms with Crippen molar-refractivity contribution in [1.82, 2.24) is 10.2 Å². The number of carbonyl (C=O) groups is 2. The highest BCUT2D eigenvalue weighted by Crippen LogP contribution is 2.22. The third kappa shape index (κ3) is 6.04. The maximum Gasteiger partial charge on any atom is 0.220 e. The minimum absolute atomic E-state index is 0.0141. The molecule has 2 aromatic rings. The van der Waals surface area contributed by atoms with Crippen LogP contribution in [0.25, 0.3) is 12.2 Å². The highest BCUT2D eigenvalue weighted by Gasteiger charge is 2.27. The Kier molecular flexibility index (Phi) is 7.71. The van der Waals surface area contributed by atoms with E-state index < -0.39 is 0 Å². The molecule has 0 spiro atoms. The van der Waals surface area contributed by atoms with Crippen molar-refractivity contribution in [1.29, 1.82) is 0 Å². The predicted molar refractivity (Wildman–Crippen MR) is 111 cm³/mol. The molecule has 1 aliphatic heterocycles. The van der Waals surface area contributed by atoms with Crippen LogP contribution in [0.2, 0.25) is 0 Å². The van der Waals surface area contributed by atoms with Gasteiger partial charge in [0.2, 0.25) is 5.91 Å². The van der Waals surface area contributed by atoms with Crippen molar-refractivity contribution in [2.45, 2.75) is 6.92 Å². The van der Waals surface area contributed by atoms with Gasteiger partial charge in [-0.1, -0.05) is 60.7 Å². The monoisotopic (exact) mass is 362 g/mol. The number of amides is 1. The zero-order chi connectivity index (χ0) is 19.6. The number of nitrogens with one attached hydrogen (secondary N) is 1. The Balaban J connectivity index is 0.000000817. The van der Waals surface area contributed by atoms with Crippen molar-refractivity contribution < 1.29 is 9.59 Å². The Morgan fingerprint density at radius 3 is 1.56 bits per heavy atom. The largest absolute Gasteiger partial charge is 0.334 e. The molecule has 0 aromatic heterocycles. The van der Waals surface area contributed by atoms with Crippen LogP contribution in [0.15, 0.2) is 71.8 Å². The molecular formula is C23H26N2O2. The number of benzene rings is 2. The minimum atomic E-state index is -0.0274. The van der Waals surface area contributed by atoms with Gasteiger partial charge < -0.3 is 10.2 Å². The third-order valence-corrected chi connectivity index (χ3v) is 4.03. The topological polar surface area (TPSA) is 49.4 Å². The lowest BCUT2D eigenvalue weighted by Gasteiger charge is -2.29. The molecule has 1 saturated heterocycles. The number of likely N-dealkylation sites (tertiary alicyclic amines) is 1. The zero-order valence-electron chi connectivity index (χ0n) is 16.1. The fraction of sp³-hybridized carbons (Fsp3) is 0.217. The van der Waals surface area contributed by atoms with Crippen molar-refractivity contribution in [3.05, 3.63) is 82.9 Å². The molecule has 4 nitrogen and oxygen atoms in total. The van der Waals surface area contributed by atoms with Gasteiger partial charge in [-0.25, -0.2) is 0 Å². The zero-order valence-corrected chi connectivity index (χ0v) is 16.1. The molecule has 0 saturated carbocycles. The molecule has 0 radical (unpaired) electrons.